The Kier molecular flexibility index (Phi) is 5.68. The van der Waals surface area contributed by atoms with Gasteiger partial charge in [0.25, 0.3) is 0 Å². The number of nitrogens with one attached hydrogen (secondary N) is 1. The Balaban J connectivity index is 2.16. The fourth-order valence-corrected chi connectivity index (χ4v) is 5.49. The first-order valence-corrected chi connectivity index (χ1v) is 9.57. The molecule has 9 heteroatoms. The van der Waals surface area contributed by atoms with E-state index in [-0.39, 0.29) is 22.3 Å². The van der Waals surface area contributed by atoms with E-state index >= 15 is 0 Å². The maximum absolute atomic E-state index is 12.2. The smallest absolute Gasteiger partial charge is 0.243 e. The quantitative estimate of drug-likeness (QED) is 0.800. The highest BCUT2D eigenvalue weighted by Crippen LogP contribution is 2.34. The van der Waals surface area contributed by atoms with E-state index in [1.54, 1.807) is 0 Å². The van der Waals surface area contributed by atoms with Crippen LogP contribution in [0.15, 0.2) is 22.4 Å². The number of sulfonamides is 1. The third kappa shape index (κ3) is 4.20. The van der Waals surface area contributed by atoms with E-state index < -0.39 is 10.0 Å². The van der Waals surface area contributed by atoms with Crippen molar-refractivity contribution in [1.82, 2.24) is 4.72 Å². The van der Waals surface area contributed by atoms with Gasteiger partial charge < -0.3 is 5.73 Å². The first-order chi connectivity index (χ1) is 9.94. The van der Waals surface area contributed by atoms with Crippen LogP contribution >= 0.6 is 45.9 Å². The zero-order chi connectivity index (χ0) is 15.5. The molecule has 0 unspecified atom stereocenters. The minimum Gasteiger partial charge on any atom is -0.320 e. The highest BCUT2D eigenvalue weighted by Gasteiger charge is 2.21. The highest BCUT2D eigenvalue weighted by molar-refractivity contribution is 7.89. The Morgan fingerprint density at radius 2 is 2.14 bits per heavy atom. The molecule has 0 saturated heterocycles. The third-order valence-corrected chi connectivity index (χ3v) is 6.48. The molecule has 0 amide bonds. The van der Waals surface area contributed by atoms with E-state index in [4.69, 9.17) is 28.9 Å². The molecule has 2 aromatic rings. The molecule has 0 saturated carbocycles. The van der Waals surface area contributed by atoms with E-state index in [2.05, 4.69) is 16.6 Å². The molecule has 0 aromatic carbocycles. The Morgan fingerprint density at radius 1 is 1.38 bits per heavy atom. The molecule has 0 spiro atoms. The second kappa shape index (κ2) is 7.11. The molecule has 2 rings (SSSR count). The van der Waals surface area contributed by atoms with Crippen molar-refractivity contribution in [3.8, 4) is 11.8 Å². The van der Waals surface area contributed by atoms with Crippen LogP contribution in [0.25, 0.3) is 0 Å². The number of halogens is 2. The lowest BCUT2D eigenvalue weighted by atomic mass is 10.2. The summed E-state index contributed by atoms with van der Waals surface area (Å²) < 4.78 is 27.3. The predicted molar refractivity (Wildman–Crippen MR) is 88.6 cm³/mol. The van der Waals surface area contributed by atoms with Crippen molar-refractivity contribution in [3.63, 3.8) is 0 Å². The van der Waals surface area contributed by atoms with Crippen molar-refractivity contribution in [2.45, 2.75) is 11.4 Å². The lowest BCUT2D eigenvalue weighted by Gasteiger charge is -2.04. The van der Waals surface area contributed by atoms with Crippen LogP contribution in [0.5, 0.6) is 0 Å². The normalized spacial score (nSPS) is 11.2. The van der Waals surface area contributed by atoms with Gasteiger partial charge in [0, 0.05) is 17.0 Å². The molecule has 0 aliphatic carbocycles. The zero-order valence-corrected chi connectivity index (χ0v) is 14.5. The van der Waals surface area contributed by atoms with Gasteiger partial charge in [-0.1, -0.05) is 35.0 Å². The topological polar surface area (TPSA) is 72.2 Å². The second-order valence-electron chi connectivity index (χ2n) is 3.78. The summed E-state index contributed by atoms with van der Waals surface area (Å²) in [6.45, 7) is 0.391. The van der Waals surface area contributed by atoms with E-state index in [0.717, 1.165) is 21.8 Å². The molecule has 0 radical (unpaired) electrons. The molecule has 0 atom stereocenters. The highest BCUT2D eigenvalue weighted by atomic mass is 35.5. The van der Waals surface area contributed by atoms with Gasteiger partial charge in [-0.05, 0) is 17.5 Å². The number of hydrogen-bond donors (Lipinski definition) is 2. The van der Waals surface area contributed by atoms with Crippen molar-refractivity contribution < 1.29 is 8.42 Å². The van der Waals surface area contributed by atoms with Gasteiger partial charge in [-0.25, -0.2) is 13.1 Å². The monoisotopic (exact) mass is 380 g/mol. The molecule has 0 bridgehead atoms. The Hall–Kier alpha value is -0.590. The molecule has 112 valence electrons. The van der Waals surface area contributed by atoms with E-state index in [9.17, 15) is 8.42 Å². The summed E-state index contributed by atoms with van der Waals surface area (Å²) in [5.41, 5.74) is 6.09. The summed E-state index contributed by atoms with van der Waals surface area (Å²) in [6.07, 6.45) is 0. The Labute approximate surface area is 140 Å². The van der Waals surface area contributed by atoms with Gasteiger partial charge in [-0.15, -0.1) is 22.7 Å². The summed E-state index contributed by atoms with van der Waals surface area (Å²) >= 11 is 14.1. The molecular weight excluding hydrogens is 371 g/mol. The van der Waals surface area contributed by atoms with E-state index in [1.807, 2.05) is 11.4 Å². The van der Waals surface area contributed by atoms with E-state index in [1.165, 1.54) is 17.4 Å². The summed E-state index contributed by atoms with van der Waals surface area (Å²) in [7, 11) is -3.71. The lowest BCUT2D eigenvalue weighted by molar-refractivity contribution is 0.582. The first kappa shape index (κ1) is 16.8. The number of rotatable bonds is 4. The van der Waals surface area contributed by atoms with Gasteiger partial charge >= 0.3 is 0 Å². The van der Waals surface area contributed by atoms with Crippen LogP contribution in [0.4, 0.5) is 0 Å². The van der Waals surface area contributed by atoms with Crippen LogP contribution in [0.3, 0.4) is 0 Å². The molecular formula is C12H10Cl2N2O2S3. The molecule has 21 heavy (non-hydrogen) atoms. The van der Waals surface area contributed by atoms with Crippen molar-refractivity contribution in [3.05, 3.63) is 36.6 Å². The summed E-state index contributed by atoms with van der Waals surface area (Å²) in [6, 6.07) is 3.16. The average Bonchev–Trinajstić information content (AvgIpc) is 3.00. The van der Waals surface area contributed by atoms with Crippen molar-refractivity contribution in [1.29, 1.82) is 0 Å². The molecule has 0 aliphatic rings. The maximum atomic E-state index is 12.2. The zero-order valence-electron chi connectivity index (χ0n) is 10.5. The van der Waals surface area contributed by atoms with Crippen molar-refractivity contribution >= 4 is 55.9 Å². The number of nitrogens with two attached hydrogens (primary N) is 1. The van der Waals surface area contributed by atoms with Crippen LogP contribution in [-0.2, 0) is 16.6 Å². The van der Waals surface area contributed by atoms with Gasteiger partial charge in [0.2, 0.25) is 10.0 Å². The second-order valence-corrected chi connectivity index (χ2v) is 8.80. The maximum Gasteiger partial charge on any atom is 0.243 e. The molecule has 0 aliphatic heterocycles. The van der Waals surface area contributed by atoms with Gasteiger partial charge in [-0.3, -0.25) is 0 Å². The number of hydrogen-bond acceptors (Lipinski definition) is 5. The molecule has 3 N–H and O–H groups in total. The minimum absolute atomic E-state index is 0.00897. The molecule has 0 fully saturated rings. The van der Waals surface area contributed by atoms with Gasteiger partial charge in [0.15, 0.2) is 0 Å². The standard InChI is InChI=1S/C12H10Cl2N2O2S3/c13-11-6-10(12(14)20-11)21(17,18)16-7-9-8(2-1-4-15)3-5-19-9/h3,5-6,16H,4,7,15H2. The van der Waals surface area contributed by atoms with Crippen LogP contribution in [0.2, 0.25) is 8.67 Å². The largest absolute Gasteiger partial charge is 0.320 e. The fourth-order valence-electron chi connectivity index (χ4n) is 1.48. The van der Waals surface area contributed by atoms with Crippen molar-refractivity contribution in [2.75, 3.05) is 6.54 Å². The van der Waals surface area contributed by atoms with Gasteiger partial charge in [-0.2, -0.15) is 0 Å². The van der Waals surface area contributed by atoms with Crippen molar-refractivity contribution in [2.24, 2.45) is 5.73 Å². The average molecular weight is 381 g/mol. The molecule has 4 nitrogen and oxygen atoms in total. The van der Waals surface area contributed by atoms with E-state index in [0.29, 0.717) is 4.34 Å². The Morgan fingerprint density at radius 3 is 2.76 bits per heavy atom. The summed E-state index contributed by atoms with van der Waals surface area (Å²) in [5.74, 6) is 5.64. The first-order valence-electron chi connectivity index (χ1n) is 5.64. The number of thiophene rings is 2. The summed E-state index contributed by atoms with van der Waals surface area (Å²) in [4.78, 5) is 0.808. The lowest BCUT2D eigenvalue weighted by Crippen LogP contribution is -2.22. The van der Waals surface area contributed by atoms with Crippen LogP contribution in [-0.4, -0.2) is 15.0 Å². The van der Waals surface area contributed by atoms with Crippen LogP contribution < -0.4 is 10.5 Å². The fraction of sp³-hybridized carbons (Fsp3) is 0.167. The van der Waals surface area contributed by atoms with Gasteiger partial charge in [0.05, 0.1) is 10.9 Å². The molecule has 2 aromatic heterocycles. The predicted octanol–water partition coefficient (Wildman–Crippen LogP) is 2.91. The SMILES string of the molecule is NCC#Cc1ccsc1CNS(=O)(=O)c1cc(Cl)sc1Cl. The van der Waals surface area contributed by atoms with Crippen LogP contribution in [0, 0.1) is 11.8 Å². The Bertz CT molecular complexity index is 800. The third-order valence-electron chi connectivity index (χ3n) is 2.41. The summed E-state index contributed by atoms with van der Waals surface area (Å²) in [5, 5.41) is 1.85. The van der Waals surface area contributed by atoms with Crippen LogP contribution in [0.1, 0.15) is 10.4 Å². The minimum atomic E-state index is -3.71. The van der Waals surface area contributed by atoms with Gasteiger partial charge in [0.1, 0.15) is 9.23 Å². The molecule has 2 heterocycles.